The second-order valence-corrected chi connectivity index (χ2v) is 7.73. The number of carbonyl (C=O) groups excluding carboxylic acids is 3. The average molecular weight is 346 g/mol. The Balaban J connectivity index is 1.55. The van der Waals surface area contributed by atoms with E-state index in [1.165, 1.54) is 11.8 Å². The second kappa shape index (κ2) is 5.51. The molecule has 0 unspecified atom stereocenters. The third-order valence-electron chi connectivity index (χ3n) is 4.57. The molecule has 24 heavy (non-hydrogen) atoms. The largest absolute Gasteiger partial charge is 0.450 e. The summed E-state index contributed by atoms with van der Waals surface area (Å²) in [5.74, 6) is -0.883. The van der Waals surface area contributed by atoms with E-state index in [0.717, 1.165) is 23.4 Å². The second-order valence-electron chi connectivity index (χ2n) is 6.41. The predicted molar refractivity (Wildman–Crippen MR) is 88.5 cm³/mol. The van der Waals surface area contributed by atoms with Gasteiger partial charge in [0.2, 0.25) is 5.91 Å². The van der Waals surface area contributed by atoms with E-state index in [2.05, 4.69) is 5.32 Å². The molecule has 0 aromatic heterocycles. The third-order valence-corrected chi connectivity index (χ3v) is 6.03. The van der Waals surface area contributed by atoms with E-state index in [1.807, 2.05) is 24.3 Å². The number of amides is 2. The van der Waals surface area contributed by atoms with Gasteiger partial charge in [0, 0.05) is 23.8 Å². The molecule has 0 spiro atoms. The number of esters is 1. The van der Waals surface area contributed by atoms with Gasteiger partial charge in [0.15, 0.2) is 11.0 Å². The highest BCUT2D eigenvalue weighted by Gasteiger charge is 2.59. The van der Waals surface area contributed by atoms with Crippen molar-refractivity contribution in [3.05, 3.63) is 24.3 Å². The summed E-state index contributed by atoms with van der Waals surface area (Å²) in [5, 5.41) is 2.83. The van der Waals surface area contributed by atoms with Crippen LogP contribution in [0, 0.1) is 0 Å². The lowest BCUT2D eigenvalue weighted by Crippen LogP contribution is -2.50. The minimum absolute atomic E-state index is 0.0838. The summed E-state index contributed by atoms with van der Waals surface area (Å²) in [6, 6.07) is 7.67. The van der Waals surface area contributed by atoms with E-state index in [9.17, 15) is 14.4 Å². The maximum Gasteiger partial charge on any atom is 0.344 e. The van der Waals surface area contributed by atoms with E-state index in [4.69, 9.17) is 4.74 Å². The summed E-state index contributed by atoms with van der Waals surface area (Å²) in [7, 11) is 0. The molecule has 6 nitrogen and oxygen atoms in total. The van der Waals surface area contributed by atoms with Gasteiger partial charge < -0.3 is 10.1 Å². The number of nitrogens with one attached hydrogen (secondary N) is 1. The van der Waals surface area contributed by atoms with Gasteiger partial charge in [-0.1, -0.05) is 23.9 Å². The van der Waals surface area contributed by atoms with E-state index in [-0.39, 0.29) is 17.9 Å². The van der Waals surface area contributed by atoms with Crippen LogP contribution in [0.5, 0.6) is 0 Å². The molecule has 2 fully saturated rings. The Bertz CT molecular complexity index is 733. The fraction of sp³-hybridized carbons (Fsp3) is 0.471. The molecule has 2 atom stereocenters. The van der Waals surface area contributed by atoms with E-state index < -0.39 is 16.9 Å². The van der Waals surface area contributed by atoms with Crippen molar-refractivity contribution in [2.75, 3.05) is 4.90 Å². The van der Waals surface area contributed by atoms with Crippen LogP contribution in [0.3, 0.4) is 0 Å². The first kappa shape index (κ1) is 15.5. The van der Waals surface area contributed by atoms with Crippen molar-refractivity contribution in [1.82, 2.24) is 5.32 Å². The van der Waals surface area contributed by atoms with Gasteiger partial charge in [0.05, 0.1) is 5.69 Å². The fourth-order valence-electron chi connectivity index (χ4n) is 3.12. The molecule has 1 saturated carbocycles. The van der Waals surface area contributed by atoms with Gasteiger partial charge in [-0.15, -0.1) is 0 Å². The van der Waals surface area contributed by atoms with Crippen LogP contribution in [0.2, 0.25) is 0 Å². The molecule has 1 N–H and O–H groups in total. The van der Waals surface area contributed by atoms with Crippen molar-refractivity contribution in [2.45, 2.75) is 54.5 Å². The maximum atomic E-state index is 12.9. The maximum absolute atomic E-state index is 12.9. The molecule has 3 aliphatic rings. The number of para-hydroxylation sites is 1. The van der Waals surface area contributed by atoms with Crippen molar-refractivity contribution in [3.8, 4) is 0 Å². The highest BCUT2D eigenvalue weighted by Crippen LogP contribution is 2.56. The Morgan fingerprint density at radius 2 is 2.12 bits per heavy atom. The number of hydrogen-bond donors (Lipinski definition) is 1. The summed E-state index contributed by atoms with van der Waals surface area (Å²) in [6.07, 6.45) is 1.78. The molecular weight excluding hydrogens is 328 g/mol. The van der Waals surface area contributed by atoms with Crippen molar-refractivity contribution >= 4 is 35.2 Å². The number of anilines is 1. The highest BCUT2D eigenvalue weighted by atomic mass is 32.2. The van der Waals surface area contributed by atoms with Crippen LogP contribution in [0.1, 0.15) is 32.6 Å². The lowest BCUT2D eigenvalue weighted by Gasteiger charge is -2.29. The van der Waals surface area contributed by atoms with Gasteiger partial charge in [-0.05, 0) is 31.9 Å². The first-order chi connectivity index (χ1) is 11.5. The van der Waals surface area contributed by atoms with Crippen molar-refractivity contribution in [2.24, 2.45) is 0 Å². The quantitative estimate of drug-likeness (QED) is 0.842. The molecule has 0 bridgehead atoms. The normalized spacial score (nSPS) is 25.9. The summed E-state index contributed by atoms with van der Waals surface area (Å²) in [6.45, 7) is 1.57. The molecular formula is C17H18N2O4S. The average Bonchev–Trinajstić information content (AvgIpc) is 3.21. The van der Waals surface area contributed by atoms with Crippen LogP contribution >= 0.6 is 11.8 Å². The Morgan fingerprint density at radius 1 is 1.38 bits per heavy atom. The number of ether oxygens (including phenoxy) is 1. The zero-order chi connectivity index (χ0) is 16.9. The lowest BCUT2D eigenvalue weighted by molar-refractivity contribution is -0.157. The lowest BCUT2D eigenvalue weighted by atomic mass is 10.2. The number of thioether (sulfide) groups is 1. The highest BCUT2D eigenvalue weighted by molar-refractivity contribution is 8.02. The van der Waals surface area contributed by atoms with Crippen LogP contribution in [0.15, 0.2) is 29.2 Å². The van der Waals surface area contributed by atoms with Crippen LogP contribution in [0.4, 0.5) is 5.69 Å². The molecule has 7 heteroatoms. The smallest absolute Gasteiger partial charge is 0.344 e. The molecule has 2 heterocycles. The summed E-state index contributed by atoms with van der Waals surface area (Å²) in [5.41, 5.74) is 0.747. The number of benzene rings is 1. The standard InChI is InChI=1S/C17H18N2O4S/c1-10(15(21)18-11-6-7-11)23-16(22)17-9-8-14(20)19(17)12-4-2-3-5-13(12)24-17/h2-5,10-11H,6-9H2,1H3,(H,18,21)/t10-,17+/m1/s1. The summed E-state index contributed by atoms with van der Waals surface area (Å²) in [4.78, 5) is 38.6. The Morgan fingerprint density at radius 3 is 2.88 bits per heavy atom. The first-order valence-corrected chi connectivity index (χ1v) is 8.95. The summed E-state index contributed by atoms with van der Waals surface area (Å²) < 4.78 is 5.44. The molecule has 1 aromatic rings. The predicted octanol–water partition coefficient (Wildman–Crippen LogP) is 1.83. The molecule has 1 aliphatic carbocycles. The number of rotatable bonds is 4. The monoisotopic (exact) mass is 346 g/mol. The molecule has 1 aromatic carbocycles. The van der Waals surface area contributed by atoms with Gasteiger partial charge in [0.1, 0.15) is 0 Å². The Hall–Kier alpha value is -2.02. The summed E-state index contributed by atoms with van der Waals surface area (Å²) >= 11 is 1.34. The number of fused-ring (bicyclic) bond motifs is 3. The molecule has 1 saturated heterocycles. The molecule has 2 amide bonds. The third kappa shape index (κ3) is 2.38. The minimum Gasteiger partial charge on any atom is -0.450 e. The Kier molecular flexibility index (Phi) is 3.56. The van der Waals surface area contributed by atoms with Gasteiger partial charge in [0.25, 0.3) is 5.91 Å². The topological polar surface area (TPSA) is 75.7 Å². The number of nitrogens with zero attached hydrogens (tertiary/aromatic N) is 1. The molecule has 126 valence electrons. The van der Waals surface area contributed by atoms with Gasteiger partial charge in [-0.2, -0.15) is 0 Å². The van der Waals surface area contributed by atoms with Crippen LogP contribution < -0.4 is 10.2 Å². The zero-order valence-corrected chi connectivity index (χ0v) is 14.1. The van der Waals surface area contributed by atoms with E-state index >= 15 is 0 Å². The van der Waals surface area contributed by atoms with Crippen molar-refractivity contribution in [1.29, 1.82) is 0 Å². The van der Waals surface area contributed by atoms with Gasteiger partial charge in [-0.25, -0.2) is 4.79 Å². The molecule has 4 rings (SSSR count). The number of carbonyl (C=O) groups is 3. The Labute approximate surface area is 143 Å². The van der Waals surface area contributed by atoms with Crippen molar-refractivity contribution in [3.63, 3.8) is 0 Å². The van der Waals surface area contributed by atoms with E-state index in [1.54, 1.807) is 11.8 Å². The zero-order valence-electron chi connectivity index (χ0n) is 13.3. The van der Waals surface area contributed by atoms with Crippen LogP contribution in [-0.2, 0) is 19.1 Å². The van der Waals surface area contributed by atoms with Gasteiger partial charge >= 0.3 is 5.97 Å². The fourth-order valence-corrected chi connectivity index (χ4v) is 4.53. The molecule has 2 aliphatic heterocycles. The van der Waals surface area contributed by atoms with Crippen molar-refractivity contribution < 1.29 is 19.1 Å². The SMILES string of the molecule is C[C@@H](OC(=O)[C@@]12CCC(=O)N1c1ccccc1S2)C(=O)NC1CC1. The van der Waals surface area contributed by atoms with Crippen LogP contribution in [0.25, 0.3) is 0 Å². The number of hydrogen-bond acceptors (Lipinski definition) is 5. The first-order valence-electron chi connectivity index (χ1n) is 8.14. The minimum atomic E-state index is -1.07. The molecule has 0 radical (unpaired) electrons. The van der Waals surface area contributed by atoms with Gasteiger partial charge in [-0.3, -0.25) is 14.5 Å². The van der Waals surface area contributed by atoms with Crippen LogP contribution in [-0.4, -0.2) is 34.8 Å². The van der Waals surface area contributed by atoms with E-state index in [0.29, 0.717) is 12.8 Å².